The number of rotatable bonds is 4. The van der Waals surface area contributed by atoms with Crippen molar-refractivity contribution < 1.29 is 9.15 Å². The van der Waals surface area contributed by atoms with E-state index >= 15 is 0 Å². The zero-order chi connectivity index (χ0) is 16.4. The number of ether oxygens (including phenoxy) is 1. The molecule has 0 N–H and O–H groups in total. The molecule has 0 aromatic carbocycles. The number of furan rings is 1. The second kappa shape index (κ2) is 6.96. The number of aromatic nitrogens is 1. The Labute approximate surface area is 147 Å². The van der Waals surface area contributed by atoms with E-state index in [9.17, 15) is 0 Å². The molecule has 0 unspecified atom stereocenters. The summed E-state index contributed by atoms with van der Waals surface area (Å²) in [5.41, 5.74) is 1.44. The van der Waals surface area contributed by atoms with Gasteiger partial charge in [0.15, 0.2) is 0 Å². The molecule has 6 heteroatoms. The van der Waals surface area contributed by atoms with Crippen molar-refractivity contribution in [3.63, 3.8) is 0 Å². The summed E-state index contributed by atoms with van der Waals surface area (Å²) in [6.07, 6.45) is 2.95. The van der Waals surface area contributed by atoms with Gasteiger partial charge >= 0.3 is 0 Å². The summed E-state index contributed by atoms with van der Waals surface area (Å²) in [6.45, 7) is 9.90. The summed E-state index contributed by atoms with van der Waals surface area (Å²) in [6, 6.07) is 4.03. The fraction of sp³-hybridized carbons (Fsp3) is 0.611. The molecular formula is C18H25N3O2S. The number of thiazole rings is 1. The Balaban J connectivity index is 1.40. The third-order valence-electron chi connectivity index (χ3n) is 5.05. The SMILES string of the molecule is Cc1nc(CN2CCOC[C@@]3(CCN(Cc4ccco4)C3)C2)cs1. The van der Waals surface area contributed by atoms with Crippen LogP contribution in [-0.2, 0) is 17.8 Å². The van der Waals surface area contributed by atoms with E-state index in [2.05, 4.69) is 33.2 Å². The van der Waals surface area contributed by atoms with Crippen LogP contribution in [0, 0.1) is 12.3 Å². The third-order valence-corrected chi connectivity index (χ3v) is 5.87. The standard InChI is InChI=1S/C18H25N3O2S/c1-15-19-16(11-24-15)9-21-6-8-22-14-18(13-21)4-5-20(12-18)10-17-3-2-7-23-17/h2-3,7,11H,4-6,8-10,12-14H2,1H3/t18-/m1/s1. The second-order valence-corrected chi connectivity index (χ2v) is 8.22. The summed E-state index contributed by atoms with van der Waals surface area (Å²) in [5.74, 6) is 1.05. The number of aryl methyl sites for hydroxylation is 1. The Morgan fingerprint density at radius 2 is 2.12 bits per heavy atom. The van der Waals surface area contributed by atoms with Crippen molar-refractivity contribution in [2.24, 2.45) is 5.41 Å². The van der Waals surface area contributed by atoms with Gasteiger partial charge in [-0.05, 0) is 32.0 Å². The van der Waals surface area contributed by atoms with Gasteiger partial charge in [-0.3, -0.25) is 9.80 Å². The van der Waals surface area contributed by atoms with Crippen LogP contribution in [0.5, 0.6) is 0 Å². The Kier molecular flexibility index (Phi) is 4.72. The molecule has 5 nitrogen and oxygen atoms in total. The van der Waals surface area contributed by atoms with Gasteiger partial charge in [-0.25, -0.2) is 4.98 Å². The van der Waals surface area contributed by atoms with Gasteiger partial charge in [0.25, 0.3) is 0 Å². The molecule has 130 valence electrons. The predicted molar refractivity (Wildman–Crippen MR) is 94.0 cm³/mol. The number of hydrogen-bond donors (Lipinski definition) is 0. The predicted octanol–water partition coefficient (Wildman–Crippen LogP) is 2.77. The Bertz CT molecular complexity index is 657. The lowest BCUT2D eigenvalue weighted by Crippen LogP contribution is -2.40. The highest BCUT2D eigenvalue weighted by Crippen LogP contribution is 2.34. The molecule has 0 bridgehead atoms. The summed E-state index contributed by atoms with van der Waals surface area (Å²) < 4.78 is 11.5. The highest BCUT2D eigenvalue weighted by molar-refractivity contribution is 7.09. The van der Waals surface area contributed by atoms with Crippen molar-refractivity contribution >= 4 is 11.3 Å². The lowest BCUT2D eigenvalue weighted by atomic mass is 9.87. The smallest absolute Gasteiger partial charge is 0.117 e. The van der Waals surface area contributed by atoms with Crippen LogP contribution in [0.1, 0.15) is 22.9 Å². The zero-order valence-electron chi connectivity index (χ0n) is 14.2. The largest absolute Gasteiger partial charge is 0.468 e. The molecule has 1 atom stereocenters. The first-order valence-corrected chi connectivity index (χ1v) is 9.55. The Morgan fingerprint density at radius 1 is 1.25 bits per heavy atom. The normalized spacial score (nSPS) is 26.2. The number of hydrogen-bond acceptors (Lipinski definition) is 6. The van der Waals surface area contributed by atoms with Crippen LogP contribution in [0.25, 0.3) is 0 Å². The summed E-state index contributed by atoms with van der Waals surface area (Å²) in [5, 5.41) is 3.34. The number of likely N-dealkylation sites (tertiary alicyclic amines) is 1. The molecule has 2 saturated heterocycles. The molecule has 0 radical (unpaired) electrons. The van der Waals surface area contributed by atoms with Crippen molar-refractivity contribution in [1.29, 1.82) is 0 Å². The van der Waals surface area contributed by atoms with Gasteiger partial charge in [0.1, 0.15) is 5.76 Å². The van der Waals surface area contributed by atoms with Gasteiger partial charge in [0.05, 0.1) is 36.7 Å². The van der Waals surface area contributed by atoms with Crippen molar-refractivity contribution in [2.45, 2.75) is 26.4 Å². The molecule has 0 aliphatic carbocycles. The molecule has 1 spiro atoms. The van der Waals surface area contributed by atoms with Crippen LogP contribution in [0.2, 0.25) is 0 Å². The Hall–Kier alpha value is -1.21. The molecule has 2 aliphatic rings. The zero-order valence-corrected chi connectivity index (χ0v) is 15.1. The van der Waals surface area contributed by atoms with E-state index in [1.165, 1.54) is 12.1 Å². The van der Waals surface area contributed by atoms with E-state index in [0.29, 0.717) is 0 Å². The molecule has 4 heterocycles. The fourth-order valence-electron chi connectivity index (χ4n) is 3.96. The lowest BCUT2D eigenvalue weighted by molar-refractivity contribution is 0.0700. The van der Waals surface area contributed by atoms with E-state index in [1.54, 1.807) is 17.6 Å². The van der Waals surface area contributed by atoms with Gasteiger partial charge in [-0.15, -0.1) is 11.3 Å². The molecule has 2 aliphatic heterocycles. The van der Waals surface area contributed by atoms with Crippen molar-refractivity contribution in [3.05, 3.63) is 40.2 Å². The maximum absolute atomic E-state index is 5.98. The minimum atomic E-state index is 0.244. The second-order valence-electron chi connectivity index (χ2n) is 7.16. The molecular weight excluding hydrogens is 322 g/mol. The average molecular weight is 347 g/mol. The highest BCUT2D eigenvalue weighted by Gasteiger charge is 2.41. The first-order valence-electron chi connectivity index (χ1n) is 8.67. The summed E-state index contributed by atoms with van der Waals surface area (Å²) in [4.78, 5) is 9.65. The van der Waals surface area contributed by atoms with Crippen LogP contribution in [-0.4, -0.2) is 54.2 Å². The van der Waals surface area contributed by atoms with Crippen molar-refractivity contribution in [2.75, 3.05) is 39.4 Å². The molecule has 0 saturated carbocycles. The first kappa shape index (κ1) is 16.3. The fourth-order valence-corrected chi connectivity index (χ4v) is 4.56. The monoisotopic (exact) mass is 347 g/mol. The molecule has 4 rings (SSSR count). The van der Waals surface area contributed by atoms with E-state index < -0.39 is 0 Å². The van der Waals surface area contributed by atoms with E-state index in [0.717, 1.165) is 63.3 Å². The van der Waals surface area contributed by atoms with Gasteiger partial charge in [-0.2, -0.15) is 0 Å². The van der Waals surface area contributed by atoms with Gasteiger partial charge < -0.3 is 9.15 Å². The topological polar surface area (TPSA) is 41.7 Å². The lowest BCUT2D eigenvalue weighted by Gasteiger charge is -2.31. The van der Waals surface area contributed by atoms with Crippen LogP contribution in [0.3, 0.4) is 0 Å². The highest BCUT2D eigenvalue weighted by atomic mass is 32.1. The molecule has 0 amide bonds. The van der Waals surface area contributed by atoms with Crippen molar-refractivity contribution in [3.8, 4) is 0 Å². The van der Waals surface area contributed by atoms with Crippen molar-refractivity contribution in [1.82, 2.24) is 14.8 Å². The van der Waals surface area contributed by atoms with Gasteiger partial charge in [-0.1, -0.05) is 0 Å². The van der Waals surface area contributed by atoms with E-state index in [-0.39, 0.29) is 5.41 Å². The molecule has 24 heavy (non-hydrogen) atoms. The van der Waals surface area contributed by atoms with Gasteiger partial charge in [0, 0.05) is 37.0 Å². The molecule has 2 fully saturated rings. The summed E-state index contributed by atoms with van der Waals surface area (Å²) in [7, 11) is 0. The van der Waals surface area contributed by atoms with E-state index in [4.69, 9.17) is 9.15 Å². The van der Waals surface area contributed by atoms with Crippen LogP contribution >= 0.6 is 11.3 Å². The summed E-state index contributed by atoms with van der Waals surface area (Å²) >= 11 is 1.74. The molecule has 2 aromatic heterocycles. The van der Waals surface area contributed by atoms with Crippen LogP contribution in [0.4, 0.5) is 0 Å². The Morgan fingerprint density at radius 3 is 2.88 bits per heavy atom. The maximum Gasteiger partial charge on any atom is 0.117 e. The average Bonchev–Trinajstić information content (AvgIpc) is 3.25. The minimum Gasteiger partial charge on any atom is -0.468 e. The maximum atomic E-state index is 5.98. The van der Waals surface area contributed by atoms with Gasteiger partial charge in [0.2, 0.25) is 0 Å². The molecule has 2 aromatic rings. The third kappa shape index (κ3) is 3.72. The number of nitrogens with zero attached hydrogens (tertiary/aromatic N) is 3. The first-order chi connectivity index (χ1) is 11.7. The minimum absolute atomic E-state index is 0.244. The quantitative estimate of drug-likeness (QED) is 0.851. The van der Waals surface area contributed by atoms with Crippen LogP contribution < -0.4 is 0 Å². The van der Waals surface area contributed by atoms with E-state index in [1.807, 2.05) is 6.07 Å². The van der Waals surface area contributed by atoms with Crippen LogP contribution in [0.15, 0.2) is 28.2 Å².